The van der Waals surface area contributed by atoms with Crippen LogP contribution in [-0.4, -0.2) is 40.4 Å². The molecule has 3 heterocycles. The first-order valence-corrected chi connectivity index (χ1v) is 5.99. The average Bonchev–Trinajstić information content (AvgIpc) is 2.76. The van der Waals surface area contributed by atoms with Crippen LogP contribution in [0.2, 0.25) is 5.28 Å². The molecule has 1 unspecified atom stereocenters. The molecule has 0 bridgehead atoms. The lowest BCUT2D eigenvalue weighted by atomic mass is 10.2. The average molecular weight is 253 g/mol. The van der Waals surface area contributed by atoms with E-state index in [1.54, 1.807) is 4.52 Å². The summed E-state index contributed by atoms with van der Waals surface area (Å²) in [4.78, 5) is 6.57. The molecule has 0 spiro atoms. The maximum atomic E-state index is 5.95. The summed E-state index contributed by atoms with van der Waals surface area (Å²) < 4.78 is 7.19. The summed E-state index contributed by atoms with van der Waals surface area (Å²) in [5, 5.41) is 4.40. The zero-order chi connectivity index (χ0) is 11.8. The number of morpholine rings is 1. The van der Waals surface area contributed by atoms with Crippen LogP contribution in [0.5, 0.6) is 0 Å². The normalized spacial score (nSPS) is 21.1. The molecule has 3 rings (SSSR count). The fourth-order valence-corrected chi connectivity index (χ4v) is 2.31. The maximum Gasteiger partial charge on any atom is 0.243 e. The van der Waals surface area contributed by atoms with Crippen LogP contribution >= 0.6 is 11.6 Å². The molecule has 1 aliphatic rings. The van der Waals surface area contributed by atoms with E-state index < -0.39 is 0 Å². The number of rotatable bonds is 1. The molecule has 2 aromatic rings. The van der Waals surface area contributed by atoms with Gasteiger partial charge in [0.05, 0.1) is 19.3 Å². The topological polar surface area (TPSA) is 42.7 Å². The Bertz CT molecular complexity index is 541. The summed E-state index contributed by atoms with van der Waals surface area (Å²) >= 11 is 5.95. The molecule has 0 amide bonds. The summed E-state index contributed by atoms with van der Waals surface area (Å²) in [5.74, 6) is 0.880. The lowest BCUT2D eigenvalue weighted by molar-refractivity contribution is 0.0986. The van der Waals surface area contributed by atoms with Crippen LogP contribution < -0.4 is 4.90 Å². The zero-order valence-corrected chi connectivity index (χ0v) is 10.3. The second-order valence-corrected chi connectivity index (χ2v) is 4.50. The van der Waals surface area contributed by atoms with Crippen LogP contribution in [0.4, 0.5) is 5.82 Å². The summed E-state index contributed by atoms with van der Waals surface area (Å²) in [7, 11) is 0. The first-order valence-electron chi connectivity index (χ1n) is 5.61. The van der Waals surface area contributed by atoms with Crippen molar-refractivity contribution in [1.82, 2.24) is 14.6 Å². The first-order chi connectivity index (χ1) is 8.25. The molecule has 0 aliphatic carbocycles. The summed E-state index contributed by atoms with van der Waals surface area (Å²) in [5.41, 5.74) is 0.975. The summed E-state index contributed by atoms with van der Waals surface area (Å²) in [6.45, 7) is 4.39. The van der Waals surface area contributed by atoms with E-state index in [1.807, 2.05) is 18.3 Å². The molecule has 1 fully saturated rings. The van der Waals surface area contributed by atoms with E-state index in [-0.39, 0.29) is 5.28 Å². The van der Waals surface area contributed by atoms with Crippen molar-refractivity contribution in [3.05, 3.63) is 23.6 Å². The van der Waals surface area contributed by atoms with Crippen molar-refractivity contribution in [3.8, 4) is 0 Å². The smallest absolute Gasteiger partial charge is 0.243 e. The number of aromatic nitrogens is 3. The SMILES string of the molecule is CC1COCCN1c1nc(Cl)nn2cccc12. The summed E-state index contributed by atoms with van der Waals surface area (Å²) in [6.07, 6.45) is 1.87. The van der Waals surface area contributed by atoms with E-state index in [9.17, 15) is 0 Å². The lowest BCUT2D eigenvalue weighted by Gasteiger charge is -2.34. The van der Waals surface area contributed by atoms with E-state index in [1.165, 1.54) is 0 Å². The second-order valence-electron chi connectivity index (χ2n) is 4.16. The molecular weight excluding hydrogens is 240 g/mol. The quantitative estimate of drug-likeness (QED) is 0.773. The van der Waals surface area contributed by atoms with Crippen LogP contribution in [0.3, 0.4) is 0 Å². The Labute approximate surface area is 104 Å². The minimum Gasteiger partial charge on any atom is -0.377 e. The highest BCUT2D eigenvalue weighted by Crippen LogP contribution is 2.24. The monoisotopic (exact) mass is 252 g/mol. The van der Waals surface area contributed by atoms with Gasteiger partial charge in [0.1, 0.15) is 5.52 Å². The van der Waals surface area contributed by atoms with Gasteiger partial charge in [0.2, 0.25) is 5.28 Å². The molecule has 2 aromatic heterocycles. The maximum absolute atomic E-state index is 5.95. The Morgan fingerprint density at radius 2 is 2.41 bits per heavy atom. The highest BCUT2D eigenvalue weighted by atomic mass is 35.5. The number of ether oxygens (including phenoxy) is 1. The number of fused-ring (bicyclic) bond motifs is 1. The molecule has 0 radical (unpaired) electrons. The van der Waals surface area contributed by atoms with E-state index in [2.05, 4.69) is 21.9 Å². The molecule has 0 N–H and O–H groups in total. The third-order valence-corrected chi connectivity index (χ3v) is 3.15. The molecule has 17 heavy (non-hydrogen) atoms. The van der Waals surface area contributed by atoms with Crippen molar-refractivity contribution >= 4 is 22.9 Å². The van der Waals surface area contributed by atoms with Gasteiger partial charge in [0.25, 0.3) is 0 Å². The van der Waals surface area contributed by atoms with E-state index in [4.69, 9.17) is 16.3 Å². The van der Waals surface area contributed by atoms with Crippen LogP contribution in [0.15, 0.2) is 18.3 Å². The molecule has 0 saturated carbocycles. The van der Waals surface area contributed by atoms with Gasteiger partial charge in [-0.25, -0.2) is 4.52 Å². The van der Waals surface area contributed by atoms with Gasteiger partial charge in [-0.1, -0.05) is 0 Å². The van der Waals surface area contributed by atoms with Crippen molar-refractivity contribution < 1.29 is 4.74 Å². The number of anilines is 1. The minimum absolute atomic E-state index is 0.266. The first kappa shape index (κ1) is 10.8. The second kappa shape index (κ2) is 4.16. The van der Waals surface area contributed by atoms with E-state index in [0.717, 1.165) is 24.5 Å². The molecular formula is C11H13ClN4O. The Morgan fingerprint density at radius 3 is 3.24 bits per heavy atom. The standard InChI is InChI=1S/C11H13ClN4O/c1-8-7-17-6-5-15(8)10-9-3-2-4-16(9)14-11(12)13-10/h2-4,8H,5-7H2,1H3. The highest BCUT2D eigenvalue weighted by Gasteiger charge is 2.23. The fourth-order valence-electron chi connectivity index (χ4n) is 2.15. The van der Waals surface area contributed by atoms with Crippen LogP contribution in [0.25, 0.3) is 5.52 Å². The Hall–Kier alpha value is -1.33. The van der Waals surface area contributed by atoms with Gasteiger partial charge < -0.3 is 9.64 Å². The van der Waals surface area contributed by atoms with Gasteiger partial charge >= 0.3 is 0 Å². The largest absolute Gasteiger partial charge is 0.377 e. The third-order valence-electron chi connectivity index (χ3n) is 2.99. The van der Waals surface area contributed by atoms with Crippen molar-refractivity contribution in [2.45, 2.75) is 13.0 Å². The molecule has 6 heteroatoms. The van der Waals surface area contributed by atoms with Gasteiger partial charge in [0, 0.05) is 12.7 Å². The van der Waals surface area contributed by atoms with Gasteiger partial charge in [0.15, 0.2) is 5.82 Å². The zero-order valence-electron chi connectivity index (χ0n) is 9.51. The summed E-state index contributed by atoms with van der Waals surface area (Å²) in [6, 6.07) is 4.23. The van der Waals surface area contributed by atoms with Gasteiger partial charge in [-0.05, 0) is 30.7 Å². The highest BCUT2D eigenvalue weighted by molar-refractivity contribution is 6.28. The predicted molar refractivity (Wildman–Crippen MR) is 65.6 cm³/mol. The van der Waals surface area contributed by atoms with Crippen LogP contribution in [0.1, 0.15) is 6.92 Å². The number of halogens is 1. The molecule has 0 aromatic carbocycles. The number of hydrogen-bond acceptors (Lipinski definition) is 4. The van der Waals surface area contributed by atoms with Crippen molar-refractivity contribution in [1.29, 1.82) is 0 Å². The van der Waals surface area contributed by atoms with Crippen molar-refractivity contribution in [3.63, 3.8) is 0 Å². The molecule has 5 nitrogen and oxygen atoms in total. The Balaban J connectivity index is 2.11. The number of hydrogen-bond donors (Lipinski definition) is 0. The van der Waals surface area contributed by atoms with Crippen molar-refractivity contribution in [2.75, 3.05) is 24.7 Å². The van der Waals surface area contributed by atoms with Gasteiger partial charge in [-0.3, -0.25) is 0 Å². The Kier molecular flexibility index (Phi) is 2.64. The molecule has 1 atom stereocenters. The number of nitrogens with zero attached hydrogens (tertiary/aromatic N) is 4. The van der Waals surface area contributed by atoms with E-state index in [0.29, 0.717) is 12.6 Å². The molecule has 1 aliphatic heterocycles. The fraction of sp³-hybridized carbons (Fsp3) is 0.455. The molecule has 90 valence electrons. The van der Waals surface area contributed by atoms with Crippen molar-refractivity contribution in [2.24, 2.45) is 0 Å². The van der Waals surface area contributed by atoms with E-state index >= 15 is 0 Å². The predicted octanol–water partition coefficient (Wildman–Crippen LogP) is 1.61. The molecule has 1 saturated heterocycles. The van der Waals surface area contributed by atoms with Gasteiger partial charge in [-0.2, -0.15) is 4.98 Å². The van der Waals surface area contributed by atoms with Crippen LogP contribution in [0, 0.1) is 0 Å². The van der Waals surface area contributed by atoms with Crippen LogP contribution in [-0.2, 0) is 4.74 Å². The third kappa shape index (κ3) is 1.85. The Morgan fingerprint density at radius 1 is 1.53 bits per heavy atom. The minimum atomic E-state index is 0.266. The van der Waals surface area contributed by atoms with Gasteiger partial charge in [-0.15, -0.1) is 5.10 Å². The lowest BCUT2D eigenvalue weighted by Crippen LogP contribution is -2.44.